The molecule has 0 spiro atoms. The number of hydrogen-bond donors (Lipinski definition) is 1. The average molecular weight is 319 g/mol. The minimum atomic E-state index is -3.74. The van der Waals surface area contributed by atoms with E-state index in [9.17, 15) is 12.8 Å². The molecular weight excluding hydrogens is 305 g/mol. The van der Waals surface area contributed by atoms with Gasteiger partial charge in [-0.3, -0.25) is 4.31 Å². The highest BCUT2D eigenvalue weighted by atomic mass is 32.2. The number of sulfonamides is 1. The Kier molecular flexibility index (Phi) is 3.37. The smallest absolute Gasteiger partial charge is 0.264 e. The quantitative estimate of drug-likeness (QED) is 0.807. The lowest BCUT2D eigenvalue weighted by molar-refractivity contribution is 0.593. The molecule has 1 N–H and O–H groups in total. The van der Waals surface area contributed by atoms with E-state index in [-0.39, 0.29) is 4.90 Å². The molecule has 0 fully saturated rings. The number of nitrogens with zero attached hydrogens (tertiary/aromatic N) is 2. The van der Waals surface area contributed by atoms with Crippen LogP contribution in [-0.2, 0) is 10.0 Å². The van der Waals surface area contributed by atoms with Gasteiger partial charge in [-0.25, -0.2) is 17.8 Å². The van der Waals surface area contributed by atoms with E-state index in [1.54, 1.807) is 18.2 Å². The Bertz CT molecular complexity index is 933. The number of H-pyrrole nitrogens is 1. The standard InChI is InChI=1S/C15H14FN3O2S/c1-10-17-14-8-5-12(9-15(14)18-10)19(2)22(20,21)13-6-3-11(16)4-7-13/h3-9H,1-2H3,(H,17,18). The van der Waals surface area contributed by atoms with Gasteiger partial charge in [0.1, 0.15) is 11.6 Å². The lowest BCUT2D eigenvalue weighted by Crippen LogP contribution is -2.26. The Morgan fingerprint density at radius 3 is 2.50 bits per heavy atom. The molecule has 0 atom stereocenters. The van der Waals surface area contributed by atoms with Crippen molar-refractivity contribution in [2.45, 2.75) is 11.8 Å². The maximum atomic E-state index is 13.0. The fourth-order valence-electron chi connectivity index (χ4n) is 2.22. The van der Waals surface area contributed by atoms with Crippen LogP contribution in [0.25, 0.3) is 11.0 Å². The number of aromatic amines is 1. The summed E-state index contributed by atoms with van der Waals surface area (Å²) in [4.78, 5) is 7.39. The number of hydrogen-bond acceptors (Lipinski definition) is 3. The number of rotatable bonds is 3. The van der Waals surface area contributed by atoms with Crippen LogP contribution in [0.3, 0.4) is 0 Å². The van der Waals surface area contributed by atoms with Crippen LogP contribution in [0.5, 0.6) is 0 Å². The van der Waals surface area contributed by atoms with Crippen molar-refractivity contribution in [2.24, 2.45) is 0 Å². The molecule has 0 saturated heterocycles. The highest BCUT2D eigenvalue weighted by Crippen LogP contribution is 2.25. The molecule has 1 aromatic heterocycles. The van der Waals surface area contributed by atoms with Gasteiger partial charge in [0.25, 0.3) is 10.0 Å². The molecule has 2 aromatic carbocycles. The lowest BCUT2D eigenvalue weighted by Gasteiger charge is -2.19. The molecule has 0 radical (unpaired) electrons. The third-order valence-corrected chi connectivity index (χ3v) is 5.22. The van der Waals surface area contributed by atoms with Crippen molar-refractivity contribution in [3.63, 3.8) is 0 Å². The Labute approximate surface area is 127 Å². The molecule has 1 heterocycles. The van der Waals surface area contributed by atoms with Gasteiger partial charge in [-0.1, -0.05) is 0 Å². The van der Waals surface area contributed by atoms with Crippen LogP contribution in [0, 0.1) is 12.7 Å². The van der Waals surface area contributed by atoms with Gasteiger partial charge in [0.05, 0.1) is 21.6 Å². The molecule has 5 nitrogen and oxygen atoms in total. The minimum absolute atomic E-state index is 0.0392. The van der Waals surface area contributed by atoms with Gasteiger partial charge in [-0.2, -0.15) is 0 Å². The first-order chi connectivity index (χ1) is 10.4. The molecule has 0 amide bonds. The number of fused-ring (bicyclic) bond motifs is 1. The van der Waals surface area contributed by atoms with Crippen molar-refractivity contribution in [2.75, 3.05) is 11.4 Å². The second-order valence-electron chi connectivity index (χ2n) is 4.95. The average Bonchev–Trinajstić information content (AvgIpc) is 2.86. The summed E-state index contributed by atoms with van der Waals surface area (Å²) in [5.41, 5.74) is 2.03. The van der Waals surface area contributed by atoms with E-state index >= 15 is 0 Å². The Hall–Kier alpha value is -2.41. The molecular formula is C15H14FN3O2S. The summed E-state index contributed by atoms with van der Waals surface area (Å²) in [6.07, 6.45) is 0. The van der Waals surface area contributed by atoms with Gasteiger partial charge in [-0.05, 0) is 49.4 Å². The summed E-state index contributed by atoms with van der Waals surface area (Å²) in [7, 11) is -2.28. The van der Waals surface area contributed by atoms with Crippen LogP contribution in [-0.4, -0.2) is 25.4 Å². The second kappa shape index (κ2) is 5.10. The van der Waals surface area contributed by atoms with E-state index in [1.807, 2.05) is 6.92 Å². The normalized spacial score (nSPS) is 11.8. The SMILES string of the molecule is Cc1nc2ccc(N(C)S(=O)(=O)c3ccc(F)cc3)cc2[nH]1. The van der Waals surface area contributed by atoms with Gasteiger partial charge >= 0.3 is 0 Å². The highest BCUT2D eigenvalue weighted by molar-refractivity contribution is 7.92. The third-order valence-electron chi connectivity index (χ3n) is 3.42. The van der Waals surface area contributed by atoms with Crippen LogP contribution in [0.4, 0.5) is 10.1 Å². The van der Waals surface area contributed by atoms with Crippen LogP contribution in [0.15, 0.2) is 47.4 Å². The predicted molar refractivity (Wildman–Crippen MR) is 82.8 cm³/mol. The zero-order chi connectivity index (χ0) is 15.9. The molecule has 0 bridgehead atoms. The van der Waals surface area contributed by atoms with E-state index in [1.165, 1.54) is 19.2 Å². The molecule has 7 heteroatoms. The van der Waals surface area contributed by atoms with E-state index < -0.39 is 15.8 Å². The van der Waals surface area contributed by atoms with E-state index in [0.717, 1.165) is 33.3 Å². The fraction of sp³-hybridized carbons (Fsp3) is 0.133. The van der Waals surface area contributed by atoms with E-state index in [0.29, 0.717) is 5.69 Å². The van der Waals surface area contributed by atoms with Gasteiger partial charge < -0.3 is 4.98 Å². The molecule has 0 aliphatic heterocycles. The van der Waals surface area contributed by atoms with Crippen LogP contribution in [0.1, 0.15) is 5.82 Å². The largest absolute Gasteiger partial charge is 0.342 e. The molecule has 114 valence electrons. The Morgan fingerprint density at radius 1 is 1.14 bits per heavy atom. The van der Waals surface area contributed by atoms with Crippen molar-refractivity contribution in [3.05, 3.63) is 54.1 Å². The number of aryl methyl sites for hydroxylation is 1. The zero-order valence-electron chi connectivity index (χ0n) is 12.0. The van der Waals surface area contributed by atoms with Crippen molar-refractivity contribution in [1.29, 1.82) is 0 Å². The van der Waals surface area contributed by atoms with Crippen molar-refractivity contribution >= 4 is 26.7 Å². The first-order valence-corrected chi connectivity index (χ1v) is 8.03. The second-order valence-corrected chi connectivity index (χ2v) is 6.92. The monoisotopic (exact) mass is 319 g/mol. The number of halogens is 1. The maximum absolute atomic E-state index is 13.0. The van der Waals surface area contributed by atoms with Crippen molar-refractivity contribution in [3.8, 4) is 0 Å². The third kappa shape index (κ3) is 2.43. The highest BCUT2D eigenvalue weighted by Gasteiger charge is 2.21. The molecule has 0 aliphatic carbocycles. The molecule has 3 aromatic rings. The van der Waals surface area contributed by atoms with Crippen molar-refractivity contribution < 1.29 is 12.8 Å². The van der Waals surface area contributed by atoms with E-state index in [2.05, 4.69) is 9.97 Å². The molecule has 0 aliphatic rings. The summed E-state index contributed by atoms with van der Waals surface area (Å²) < 4.78 is 39.2. The van der Waals surface area contributed by atoms with Crippen LogP contribution < -0.4 is 4.31 Å². The first kappa shape index (κ1) is 14.5. The van der Waals surface area contributed by atoms with Gasteiger partial charge in [0.2, 0.25) is 0 Å². The topological polar surface area (TPSA) is 66.1 Å². The number of anilines is 1. The van der Waals surface area contributed by atoms with Gasteiger partial charge in [-0.15, -0.1) is 0 Å². The zero-order valence-corrected chi connectivity index (χ0v) is 12.9. The Balaban J connectivity index is 2.03. The summed E-state index contributed by atoms with van der Waals surface area (Å²) >= 11 is 0. The molecule has 0 unspecified atom stereocenters. The van der Waals surface area contributed by atoms with Gasteiger partial charge in [0.15, 0.2) is 0 Å². The lowest BCUT2D eigenvalue weighted by atomic mass is 10.3. The number of nitrogens with one attached hydrogen (secondary N) is 1. The number of imidazole rings is 1. The molecule has 22 heavy (non-hydrogen) atoms. The van der Waals surface area contributed by atoms with E-state index in [4.69, 9.17) is 0 Å². The van der Waals surface area contributed by atoms with Crippen LogP contribution >= 0.6 is 0 Å². The summed E-state index contributed by atoms with van der Waals surface area (Å²) in [6.45, 7) is 1.83. The summed E-state index contributed by atoms with van der Waals surface area (Å²) in [5, 5.41) is 0. The van der Waals surface area contributed by atoms with Crippen LogP contribution in [0.2, 0.25) is 0 Å². The first-order valence-electron chi connectivity index (χ1n) is 6.59. The Morgan fingerprint density at radius 2 is 1.82 bits per heavy atom. The summed E-state index contributed by atoms with van der Waals surface area (Å²) in [6, 6.07) is 9.91. The minimum Gasteiger partial charge on any atom is -0.342 e. The fourth-order valence-corrected chi connectivity index (χ4v) is 3.41. The summed E-state index contributed by atoms with van der Waals surface area (Å²) in [5.74, 6) is 0.284. The number of aromatic nitrogens is 2. The van der Waals surface area contributed by atoms with Crippen molar-refractivity contribution in [1.82, 2.24) is 9.97 Å². The van der Waals surface area contributed by atoms with Gasteiger partial charge in [0, 0.05) is 7.05 Å². The number of benzene rings is 2. The molecule has 3 rings (SSSR count). The molecule has 0 saturated carbocycles. The predicted octanol–water partition coefficient (Wildman–Crippen LogP) is 2.84. The maximum Gasteiger partial charge on any atom is 0.264 e.